The van der Waals surface area contributed by atoms with E-state index in [9.17, 15) is 9.90 Å². The first-order valence-corrected chi connectivity index (χ1v) is 10.3. The first kappa shape index (κ1) is 20.6. The van der Waals surface area contributed by atoms with Gasteiger partial charge in [0.2, 0.25) is 0 Å². The molecule has 0 radical (unpaired) electrons. The molecule has 0 amide bonds. The van der Waals surface area contributed by atoms with Crippen molar-refractivity contribution in [3.63, 3.8) is 0 Å². The maximum atomic E-state index is 12.5. The fourth-order valence-corrected chi connectivity index (χ4v) is 3.53. The number of imidazole rings is 1. The van der Waals surface area contributed by atoms with Crippen molar-refractivity contribution in [1.29, 1.82) is 0 Å². The Labute approximate surface area is 180 Å². The van der Waals surface area contributed by atoms with E-state index in [1.165, 1.54) is 0 Å². The van der Waals surface area contributed by atoms with Gasteiger partial charge in [0, 0.05) is 30.2 Å². The molecule has 4 rings (SSSR count). The molecule has 30 heavy (non-hydrogen) atoms. The van der Waals surface area contributed by atoms with Crippen LogP contribution in [-0.4, -0.2) is 44.7 Å². The number of hydrogen-bond acceptors (Lipinski definition) is 6. The first-order chi connectivity index (χ1) is 14.2. The summed E-state index contributed by atoms with van der Waals surface area (Å²) in [5, 5.41) is 17.9. The molecule has 2 aromatic heterocycles. The topological polar surface area (TPSA) is 88.8 Å². The minimum absolute atomic E-state index is 0.139. The van der Waals surface area contributed by atoms with Gasteiger partial charge in [0.15, 0.2) is 16.6 Å². The number of methoxy groups -OCH3 is 1. The van der Waals surface area contributed by atoms with Gasteiger partial charge in [0.1, 0.15) is 5.75 Å². The minimum atomic E-state index is -0.895. The molecule has 2 heterocycles. The fraction of sp³-hybridized carbons (Fsp3) is 0.409. The van der Waals surface area contributed by atoms with Gasteiger partial charge in [-0.25, -0.2) is 9.50 Å². The van der Waals surface area contributed by atoms with Gasteiger partial charge in [0.25, 0.3) is 0 Å². The second kappa shape index (κ2) is 7.89. The molecule has 0 aliphatic heterocycles. The number of aromatic nitrogens is 3. The Morgan fingerprint density at radius 3 is 2.80 bits per heavy atom. The lowest BCUT2D eigenvalue weighted by molar-refractivity contribution is 0.0944. The third-order valence-corrected chi connectivity index (χ3v) is 5.30. The summed E-state index contributed by atoms with van der Waals surface area (Å²) in [5.74, 6) is 1.24. The van der Waals surface area contributed by atoms with Crippen molar-refractivity contribution in [1.82, 2.24) is 14.6 Å². The van der Waals surface area contributed by atoms with Crippen LogP contribution < -0.4 is 10.1 Å². The zero-order chi connectivity index (χ0) is 21.5. The highest BCUT2D eigenvalue weighted by atomic mass is 35.5. The zero-order valence-electron chi connectivity index (χ0n) is 17.3. The summed E-state index contributed by atoms with van der Waals surface area (Å²) >= 11 is 6.25. The van der Waals surface area contributed by atoms with E-state index in [4.69, 9.17) is 16.3 Å². The van der Waals surface area contributed by atoms with E-state index in [1.54, 1.807) is 43.8 Å². The van der Waals surface area contributed by atoms with Gasteiger partial charge in [-0.1, -0.05) is 17.7 Å². The average Bonchev–Trinajstić information content (AvgIpc) is 3.41. The van der Waals surface area contributed by atoms with Crippen LogP contribution in [0.4, 0.5) is 5.69 Å². The number of rotatable bonds is 8. The van der Waals surface area contributed by atoms with Crippen molar-refractivity contribution < 1.29 is 14.6 Å². The van der Waals surface area contributed by atoms with Crippen LogP contribution in [0.5, 0.6) is 5.75 Å². The van der Waals surface area contributed by atoms with Gasteiger partial charge in [-0.15, -0.1) is 0 Å². The number of benzene rings is 1. The quantitative estimate of drug-likeness (QED) is 0.522. The van der Waals surface area contributed by atoms with Crippen LogP contribution in [0.1, 0.15) is 43.5 Å². The smallest absolute Gasteiger partial charge is 0.177 e. The van der Waals surface area contributed by atoms with Crippen LogP contribution in [0, 0.1) is 5.92 Å². The summed E-state index contributed by atoms with van der Waals surface area (Å²) in [6.07, 6.45) is 4.56. The number of aliphatic hydroxyl groups is 1. The Bertz CT molecular complexity index is 1100. The van der Waals surface area contributed by atoms with E-state index >= 15 is 0 Å². The van der Waals surface area contributed by atoms with Crippen molar-refractivity contribution in [2.45, 2.75) is 38.7 Å². The molecule has 0 spiro atoms. The summed E-state index contributed by atoms with van der Waals surface area (Å²) in [6.45, 7) is 3.76. The van der Waals surface area contributed by atoms with Crippen molar-refractivity contribution in [3.05, 3.63) is 41.2 Å². The van der Waals surface area contributed by atoms with Gasteiger partial charge < -0.3 is 15.2 Å². The van der Waals surface area contributed by atoms with Crippen LogP contribution in [0.3, 0.4) is 0 Å². The molecule has 1 saturated carbocycles. The number of ether oxygens (including phenoxy) is 1. The summed E-state index contributed by atoms with van der Waals surface area (Å²) in [5.41, 5.74) is 2.45. The van der Waals surface area contributed by atoms with Crippen molar-refractivity contribution in [2.24, 2.45) is 5.92 Å². The molecule has 3 aromatic rings. The molecule has 0 unspecified atom stereocenters. The summed E-state index contributed by atoms with van der Waals surface area (Å²) in [6, 6.07) is 7.13. The van der Waals surface area contributed by atoms with E-state index < -0.39 is 5.60 Å². The van der Waals surface area contributed by atoms with Crippen molar-refractivity contribution in [3.8, 4) is 17.0 Å². The van der Waals surface area contributed by atoms with Crippen LogP contribution in [0.25, 0.3) is 16.9 Å². The predicted octanol–water partition coefficient (Wildman–Crippen LogP) is 4.22. The summed E-state index contributed by atoms with van der Waals surface area (Å²) in [7, 11) is 1.58. The third-order valence-electron chi connectivity index (χ3n) is 5.12. The molecule has 1 aliphatic rings. The Morgan fingerprint density at radius 1 is 1.37 bits per heavy atom. The summed E-state index contributed by atoms with van der Waals surface area (Å²) < 4.78 is 7.22. The molecule has 0 bridgehead atoms. The first-order valence-electron chi connectivity index (χ1n) is 9.97. The lowest BCUT2D eigenvalue weighted by Crippen LogP contribution is -2.29. The highest BCUT2D eigenvalue weighted by Gasteiger charge is 2.25. The highest BCUT2D eigenvalue weighted by Crippen LogP contribution is 2.36. The molecule has 1 aliphatic carbocycles. The fourth-order valence-electron chi connectivity index (χ4n) is 3.34. The molecule has 7 nitrogen and oxygen atoms in total. The van der Waals surface area contributed by atoms with Gasteiger partial charge in [-0.3, -0.25) is 4.79 Å². The SMILES string of the molecule is COc1cc(C(=O)CC2CC2)ccc1-c1cnc2c(NCC(C)(C)O)cc(Cl)nn12. The lowest BCUT2D eigenvalue weighted by atomic mass is 10.0. The number of carbonyl (C=O) groups is 1. The van der Waals surface area contributed by atoms with E-state index in [0.717, 1.165) is 18.4 Å². The molecule has 0 saturated heterocycles. The number of fused-ring (bicyclic) bond motifs is 1. The lowest BCUT2D eigenvalue weighted by Gasteiger charge is -2.19. The average molecular weight is 429 g/mol. The molecular weight excluding hydrogens is 404 g/mol. The maximum Gasteiger partial charge on any atom is 0.177 e. The predicted molar refractivity (Wildman–Crippen MR) is 116 cm³/mol. The van der Waals surface area contributed by atoms with Crippen molar-refractivity contribution in [2.75, 3.05) is 19.0 Å². The number of hydrogen-bond donors (Lipinski definition) is 2. The Kier molecular flexibility index (Phi) is 5.42. The van der Waals surface area contributed by atoms with Gasteiger partial charge >= 0.3 is 0 Å². The molecule has 1 fully saturated rings. The number of nitrogens with one attached hydrogen (secondary N) is 1. The van der Waals surface area contributed by atoms with Gasteiger partial charge in [0.05, 0.1) is 30.3 Å². The van der Waals surface area contributed by atoms with E-state index in [-0.39, 0.29) is 10.9 Å². The molecule has 158 valence electrons. The second-order valence-electron chi connectivity index (χ2n) is 8.41. The third kappa shape index (κ3) is 4.42. The number of halogens is 1. The van der Waals surface area contributed by atoms with Crippen LogP contribution in [0.15, 0.2) is 30.5 Å². The van der Waals surface area contributed by atoms with Crippen LogP contribution >= 0.6 is 11.6 Å². The second-order valence-corrected chi connectivity index (χ2v) is 8.80. The molecular formula is C22H25ClN4O3. The molecule has 1 aromatic carbocycles. The summed E-state index contributed by atoms with van der Waals surface area (Å²) in [4.78, 5) is 17.0. The van der Waals surface area contributed by atoms with Gasteiger partial charge in [-0.05, 0) is 44.7 Å². The van der Waals surface area contributed by atoms with Crippen molar-refractivity contribution >= 4 is 28.7 Å². The standard InChI is InChI=1S/C22H25ClN4O3/c1-22(2,29)12-25-16-10-20(23)26-27-17(11-24-21(16)27)15-7-6-14(9-19(15)30-3)18(28)8-13-4-5-13/h6-7,9-11,13,25,29H,4-5,8,12H2,1-3H3. The molecule has 2 N–H and O–H groups in total. The Balaban J connectivity index is 1.72. The largest absolute Gasteiger partial charge is 0.496 e. The Hall–Kier alpha value is -2.64. The molecule has 8 heteroatoms. The van der Waals surface area contributed by atoms with E-state index in [0.29, 0.717) is 47.2 Å². The zero-order valence-corrected chi connectivity index (χ0v) is 18.0. The van der Waals surface area contributed by atoms with E-state index in [2.05, 4.69) is 15.4 Å². The number of nitrogens with zero attached hydrogens (tertiary/aromatic N) is 3. The normalized spacial score (nSPS) is 14.2. The van der Waals surface area contributed by atoms with Crippen LogP contribution in [-0.2, 0) is 0 Å². The minimum Gasteiger partial charge on any atom is -0.496 e. The number of ketones is 1. The van der Waals surface area contributed by atoms with E-state index in [1.807, 2.05) is 12.1 Å². The number of Topliss-reactive ketones (excluding diaryl/α,β-unsaturated/α-hetero) is 1. The molecule has 0 atom stereocenters. The highest BCUT2D eigenvalue weighted by molar-refractivity contribution is 6.29. The Morgan fingerprint density at radius 2 is 2.13 bits per heavy atom. The monoisotopic (exact) mass is 428 g/mol. The van der Waals surface area contributed by atoms with Gasteiger partial charge in [-0.2, -0.15) is 5.10 Å². The van der Waals surface area contributed by atoms with Crippen LogP contribution in [0.2, 0.25) is 5.15 Å². The maximum absolute atomic E-state index is 12.5. The number of anilines is 1. The number of carbonyl (C=O) groups excluding carboxylic acids is 1.